The molecule has 3 aromatic rings. The average Bonchev–Trinajstić information content (AvgIpc) is 2.81. The number of hydrogen-bond acceptors (Lipinski definition) is 5. The van der Waals surface area contributed by atoms with E-state index in [9.17, 15) is 14.4 Å². The fraction of sp³-hybridized carbons (Fsp3) is 0.0870. The molecular weight excluding hydrogens is 398 g/mol. The van der Waals surface area contributed by atoms with Crippen molar-refractivity contribution in [3.05, 3.63) is 84.4 Å². The van der Waals surface area contributed by atoms with Gasteiger partial charge in [-0.25, -0.2) is 0 Å². The Hall–Kier alpha value is -4.33. The molecule has 0 aliphatic heterocycles. The summed E-state index contributed by atoms with van der Waals surface area (Å²) in [5.74, 6) is -0.679. The molecule has 3 rings (SSSR count). The summed E-state index contributed by atoms with van der Waals surface area (Å²) in [5.41, 5.74) is 11.8. The normalized spacial score (nSPS) is 10.1. The van der Waals surface area contributed by atoms with Crippen LogP contribution in [0.5, 0.6) is 11.5 Å². The summed E-state index contributed by atoms with van der Waals surface area (Å²) in [5, 5.41) is 0. The molecule has 0 aliphatic rings. The third kappa shape index (κ3) is 6.33. The molecular formula is C23H21N3O5. The number of benzene rings is 3. The standard InChI is InChI=1S/C23H21N3O5/c24-21(27)14-30-18-12-10-17(11-13-18)23(29)26-25-22(28)15-31-20-9-5-4-8-19(20)16-6-2-1-3-7-16/h1-13H,14-15H2,(H2,24,27)(H,25,28)(H,26,29). The molecule has 31 heavy (non-hydrogen) atoms. The molecule has 0 bridgehead atoms. The molecule has 8 nitrogen and oxygen atoms in total. The molecule has 0 spiro atoms. The highest BCUT2D eigenvalue weighted by Gasteiger charge is 2.10. The van der Waals surface area contributed by atoms with Gasteiger partial charge in [0.25, 0.3) is 17.7 Å². The van der Waals surface area contributed by atoms with E-state index >= 15 is 0 Å². The number of nitrogens with two attached hydrogens (primary N) is 1. The summed E-state index contributed by atoms with van der Waals surface area (Å²) in [6.07, 6.45) is 0. The van der Waals surface area contributed by atoms with Gasteiger partial charge in [-0.3, -0.25) is 25.2 Å². The lowest BCUT2D eigenvalue weighted by atomic mass is 10.1. The quantitative estimate of drug-likeness (QED) is 0.483. The Balaban J connectivity index is 1.50. The summed E-state index contributed by atoms with van der Waals surface area (Å²) >= 11 is 0. The smallest absolute Gasteiger partial charge is 0.276 e. The second kappa shape index (κ2) is 10.4. The first kappa shape index (κ1) is 21.4. The predicted molar refractivity (Wildman–Crippen MR) is 114 cm³/mol. The van der Waals surface area contributed by atoms with Crippen molar-refractivity contribution in [1.29, 1.82) is 0 Å². The molecule has 0 unspecified atom stereocenters. The summed E-state index contributed by atoms with van der Waals surface area (Å²) in [4.78, 5) is 35.0. The fourth-order valence-corrected chi connectivity index (χ4v) is 2.68. The van der Waals surface area contributed by atoms with Crippen molar-refractivity contribution in [2.24, 2.45) is 5.73 Å². The fourth-order valence-electron chi connectivity index (χ4n) is 2.68. The second-order valence-electron chi connectivity index (χ2n) is 6.43. The van der Waals surface area contributed by atoms with Crippen LogP contribution in [0.1, 0.15) is 10.4 Å². The van der Waals surface area contributed by atoms with Gasteiger partial charge in [-0.15, -0.1) is 0 Å². The minimum absolute atomic E-state index is 0.255. The maximum atomic E-state index is 12.2. The molecule has 0 atom stereocenters. The Morgan fingerprint density at radius 1 is 0.742 bits per heavy atom. The Kier molecular flexibility index (Phi) is 7.21. The van der Waals surface area contributed by atoms with Crippen LogP contribution < -0.4 is 26.1 Å². The van der Waals surface area contributed by atoms with E-state index in [1.165, 1.54) is 24.3 Å². The second-order valence-corrected chi connectivity index (χ2v) is 6.43. The number of rotatable bonds is 8. The van der Waals surface area contributed by atoms with Gasteiger partial charge in [-0.1, -0.05) is 48.5 Å². The third-order valence-corrected chi connectivity index (χ3v) is 4.14. The molecule has 0 aliphatic carbocycles. The van der Waals surface area contributed by atoms with Crippen LogP contribution in [0.15, 0.2) is 78.9 Å². The summed E-state index contributed by atoms with van der Waals surface area (Å²) in [6, 6.07) is 23.1. The largest absolute Gasteiger partial charge is 0.484 e. The maximum absolute atomic E-state index is 12.2. The van der Waals surface area contributed by atoms with Gasteiger partial charge in [0.05, 0.1) is 0 Å². The Bertz CT molecular complexity index is 1050. The molecule has 0 radical (unpaired) electrons. The van der Waals surface area contributed by atoms with Crippen molar-refractivity contribution in [1.82, 2.24) is 10.9 Å². The number of para-hydroxylation sites is 1. The number of hydrogen-bond donors (Lipinski definition) is 3. The monoisotopic (exact) mass is 419 g/mol. The molecule has 0 fully saturated rings. The Morgan fingerprint density at radius 2 is 1.42 bits per heavy atom. The number of primary amides is 1. The summed E-state index contributed by atoms with van der Waals surface area (Å²) in [6.45, 7) is -0.529. The minimum atomic E-state index is -0.599. The van der Waals surface area contributed by atoms with Gasteiger partial charge in [0.2, 0.25) is 0 Å². The average molecular weight is 419 g/mol. The number of carbonyl (C=O) groups excluding carboxylic acids is 3. The van der Waals surface area contributed by atoms with Crippen molar-refractivity contribution in [3.8, 4) is 22.6 Å². The van der Waals surface area contributed by atoms with Gasteiger partial charge in [0.15, 0.2) is 13.2 Å². The van der Waals surface area contributed by atoms with Crippen molar-refractivity contribution < 1.29 is 23.9 Å². The van der Waals surface area contributed by atoms with E-state index < -0.39 is 17.7 Å². The molecule has 3 amide bonds. The van der Waals surface area contributed by atoms with Gasteiger partial charge in [0.1, 0.15) is 11.5 Å². The van der Waals surface area contributed by atoms with E-state index in [-0.39, 0.29) is 13.2 Å². The number of hydrazine groups is 1. The van der Waals surface area contributed by atoms with Crippen LogP contribution in [0.2, 0.25) is 0 Å². The van der Waals surface area contributed by atoms with Crippen LogP contribution in [-0.2, 0) is 9.59 Å². The summed E-state index contributed by atoms with van der Waals surface area (Å²) in [7, 11) is 0. The van der Waals surface area contributed by atoms with Crippen LogP contribution in [-0.4, -0.2) is 30.9 Å². The van der Waals surface area contributed by atoms with E-state index in [0.29, 0.717) is 17.1 Å². The zero-order valence-electron chi connectivity index (χ0n) is 16.5. The first-order valence-electron chi connectivity index (χ1n) is 9.40. The van der Waals surface area contributed by atoms with Gasteiger partial charge in [-0.2, -0.15) is 0 Å². The van der Waals surface area contributed by atoms with Crippen molar-refractivity contribution in [2.45, 2.75) is 0 Å². The lowest BCUT2D eigenvalue weighted by Gasteiger charge is -2.12. The zero-order chi connectivity index (χ0) is 22.1. The zero-order valence-corrected chi connectivity index (χ0v) is 16.5. The first-order valence-corrected chi connectivity index (χ1v) is 9.40. The Labute approximate surface area is 178 Å². The highest BCUT2D eigenvalue weighted by Crippen LogP contribution is 2.29. The van der Waals surface area contributed by atoms with E-state index in [4.69, 9.17) is 15.2 Å². The highest BCUT2D eigenvalue weighted by atomic mass is 16.5. The van der Waals surface area contributed by atoms with Crippen LogP contribution in [0, 0.1) is 0 Å². The van der Waals surface area contributed by atoms with Gasteiger partial charge >= 0.3 is 0 Å². The maximum Gasteiger partial charge on any atom is 0.276 e. The van der Waals surface area contributed by atoms with E-state index in [1.54, 1.807) is 6.07 Å². The topological polar surface area (TPSA) is 120 Å². The van der Waals surface area contributed by atoms with E-state index in [0.717, 1.165) is 11.1 Å². The Morgan fingerprint density at radius 3 is 2.13 bits per heavy atom. The lowest BCUT2D eigenvalue weighted by molar-refractivity contribution is -0.124. The third-order valence-electron chi connectivity index (χ3n) is 4.14. The molecule has 0 saturated carbocycles. The van der Waals surface area contributed by atoms with E-state index in [1.807, 2.05) is 48.5 Å². The van der Waals surface area contributed by atoms with Crippen LogP contribution >= 0.6 is 0 Å². The molecule has 158 valence electrons. The van der Waals surface area contributed by atoms with Gasteiger partial charge < -0.3 is 15.2 Å². The van der Waals surface area contributed by atoms with E-state index in [2.05, 4.69) is 10.9 Å². The van der Waals surface area contributed by atoms with Crippen LogP contribution in [0.3, 0.4) is 0 Å². The molecule has 0 heterocycles. The lowest BCUT2D eigenvalue weighted by Crippen LogP contribution is -2.43. The number of nitrogens with one attached hydrogen (secondary N) is 2. The van der Waals surface area contributed by atoms with Gasteiger partial charge in [0, 0.05) is 11.1 Å². The molecule has 3 aromatic carbocycles. The summed E-state index contributed by atoms with van der Waals surface area (Å²) < 4.78 is 10.8. The SMILES string of the molecule is NC(=O)COc1ccc(C(=O)NNC(=O)COc2ccccc2-c2ccccc2)cc1. The molecule has 4 N–H and O–H groups in total. The van der Waals surface area contributed by atoms with Crippen molar-refractivity contribution in [2.75, 3.05) is 13.2 Å². The number of ether oxygens (including phenoxy) is 2. The molecule has 0 saturated heterocycles. The minimum Gasteiger partial charge on any atom is -0.484 e. The van der Waals surface area contributed by atoms with Crippen molar-refractivity contribution >= 4 is 17.7 Å². The number of amides is 3. The number of carbonyl (C=O) groups is 3. The van der Waals surface area contributed by atoms with Crippen molar-refractivity contribution in [3.63, 3.8) is 0 Å². The van der Waals surface area contributed by atoms with Crippen LogP contribution in [0.25, 0.3) is 11.1 Å². The predicted octanol–water partition coefficient (Wildman–Crippen LogP) is 2.06. The first-order chi connectivity index (χ1) is 15.0. The molecule has 0 aromatic heterocycles. The van der Waals surface area contributed by atoms with Crippen LogP contribution in [0.4, 0.5) is 0 Å². The van der Waals surface area contributed by atoms with Gasteiger partial charge in [-0.05, 0) is 35.9 Å². The molecule has 8 heteroatoms. The highest BCUT2D eigenvalue weighted by molar-refractivity contribution is 5.95.